The number of sulfonamides is 1. The van der Waals surface area contributed by atoms with Crippen LogP contribution in [0.2, 0.25) is 0 Å². The van der Waals surface area contributed by atoms with Crippen molar-refractivity contribution in [2.45, 2.75) is 24.3 Å². The molecule has 2 aromatic rings. The molecule has 1 unspecified atom stereocenters. The first kappa shape index (κ1) is 14.7. The Labute approximate surface area is 128 Å². The van der Waals surface area contributed by atoms with E-state index in [2.05, 4.69) is 15.0 Å². The maximum Gasteiger partial charge on any atom is 0.241 e. The van der Waals surface area contributed by atoms with Gasteiger partial charge in [0.2, 0.25) is 15.9 Å². The summed E-state index contributed by atoms with van der Waals surface area (Å²) in [7, 11) is -3.68. The van der Waals surface area contributed by atoms with E-state index >= 15 is 0 Å². The number of amides is 1. The Morgan fingerprint density at radius 3 is 2.82 bits per heavy atom. The quantitative estimate of drug-likeness (QED) is 0.897. The van der Waals surface area contributed by atoms with Crippen LogP contribution in [0, 0.1) is 0 Å². The summed E-state index contributed by atoms with van der Waals surface area (Å²) in [6, 6.07) is 9.52. The minimum absolute atomic E-state index is 0.126. The van der Waals surface area contributed by atoms with E-state index in [0.717, 1.165) is 0 Å². The average Bonchev–Trinajstić information content (AvgIpc) is 2.86. The highest BCUT2D eigenvalue weighted by Crippen LogP contribution is 2.26. The Bertz CT molecular complexity index is 819. The van der Waals surface area contributed by atoms with Gasteiger partial charge >= 0.3 is 0 Å². The lowest BCUT2D eigenvalue weighted by Crippen LogP contribution is -2.27. The molecule has 1 aromatic carbocycles. The largest absolute Gasteiger partial charge is 0.326 e. The molecule has 1 aliphatic heterocycles. The fraction of sp³-hybridized carbons (Fsp3) is 0.200. The number of aromatic nitrogens is 1. The number of carbonyl (C=O) groups is 1. The number of fused-ring (bicyclic) bond motifs is 1. The van der Waals surface area contributed by atoms with Crippen LogP contribution in [0.15, 0.2) is 47.5 Å². The number of pyridine rings is 1. The number of hydrogen-bond donors (Lipinski definition) is 2. The van der Waals surface area contributed by atoms with Gasteiger partial charge in [-0.1, -0.05) is 6.07 Å². The molecule has 0 fully saturated rings. The molecule has 2 heterocycles. The first-order valence-corrected chi connectivity index (χ1v) is 8.30. The second kappa shape index (κ2) is 5.51. The van der Waals surface area contributed by atoms with E-state index in [1.165, 1.54) is 12.1 Å². The van der Waals surface area contributed by atoms with Crippen LogP contribution < -0.4 is 10.0 Å². The van der Waals surface area contributed by atoms with E-state index in [4.69, 9.17) is 0 Å². The van der Waals surface area contributed by atoms with E-state index in [1.54, 1.807) is 37.4 Å². The van der Waals surface area contributed by atoms with E-state index in [1.807, 2.05) is 0 Å². The molecule has 7 heteroatoms. The highest BCUT2D eigenvalue weighted by atomic mass is 32.2. The standard InChI is InChI=1S/C15H15N3O3S/c1-10(13-4-2-3-7-16-13)18-22(20,21)12-5-6-14-11(8-12)9-15(19)17-14/h2-8,10,18H,9H2,1H3,(H,17,19). The molecule has 114 valence electrons. The van der Waals surface area contributed by atoms with E-state index < -0.39 is 16.1 Å². The predicted octanol–water partition coefficient (Wildman–Crippen LogP) is 1.62. The van der Waals surface area contributed by atoms with E-state index in [-0.39, 0.29) is 17.2 Å². The first-order valence-electron chi connectivity index (χ1n) is 6.82. The summed E-state index contributed by atoms with van der Waals surface area (Å²) in [6.45, 7) is 1.73. The van der Waals surface area contributed by atoms with Gasteiger partial charge in [0.1, 0.15) is 0 Å². The summed E-state index contributed by atoms with van der Waals surface area (Å²) >= 11 is 0. The van der Waals surface area contributed by atoms with Gasteiger partial charge in [-0.05, 0) is 42.8 Å². The summed E-state index contributed by atoms with van der Waals surface area (Å²) < 4.78 is 27.5. The number of nitrogens with one attached hydrogen (secondary N) is 2. The predicted molar refractivity (Wildman–Crippen MR) is 81.7 cm³/mol. The maximum atomic E-state index is 12.5. The smallest absolute Gasteiger partial charge is 0.241 e. The van der Waals surface area contributed by atoms with Gasteiger partial charge in [-0.15, -0.1) is 0 Å². The summed E-state index contributed by atoms with van der Waals surface area (Å²) in [6.07, 6.45) is 1.82. The van der Waals surface area contributed by atoms with Gasteiger partial charge in [-0.3, -0.25) is 9.78 Å². The molecule has 0 saturated carbocycles. The van der Waals surface area contributed by atoms with Crippen molar-refractivity contribution < 1.29 is 13.2 Å². The number of hydrogen-bond acceptors (Lipinski definition) is 4. The maximum absolute atomic E-state index is 12.5. The average molecular weight is 317 g/mol. The van der Waals surface area contributed by atoms with Gasteiger partial charge in [0, 0.05) is 11.9 Å². The molecular formula is C15H15N3O3S. The van der Waals surface area contributed by atoms with Crippen LogP contribution in [0.4, 0.5) is 5.69 Å². The number of rotatable bonds is 4. The Balaban J connectivity index is 1.85. The van der Waals surface area contributed by atoms with E-state index in [9.17, 15) is 13.2 Å². The highest BCUT2D eigenvalue weighted by molar-refractivity contribution is 7.89. The molecule has 1 aliphatic rings. The molecule has 0 bridgehead atoms. The van der Waals surface area contributed by atoms with Crippen molar-refractivity contribution in [1.82, 2.24) is 9.71 Å². The summed E-state index contributed by atoms with van der Waals surface area (Å²) in [5.74, 6) is -0.126. The monoisotopic (exact) mass is 317 g/mol. The molecule has 3 rings (SSSR count). The zero-order valence-electron chi connectivity index (χ0n) is 11.9. The minimum Gasteiger partial charge on any atom is -0.326 e. The summed E-state index contributed by atoms with van der Waals surface area (Å²) in [5.41, 5.74) is 2.00. The lowest BCUT2D eigenvalue weighted by Gasteiger charge is -2.14. The van der Waals surface area contributed by atoms with Crippen molar-refractivity contribution in [3.63, 3.8) is 0 Å². The summed E-state index contributed by atoms with van der Waals surface area (Å²) in [4.78, 5) is 15.6. The van der Waals surface area contributed by atoms with Crippen molar-refractivity contribution in [2.75, 3.05) is 5.32 Å². The van der Waals surface area contributed by atoms with Crippen LogP contribution in [0.3, 0.4) is 0 Å². The molecule has 1 atom stereocenters. The third-order valence-electron chi connectivity index (χ3n) is 3.48. The molecule has 0 radical (unpaired) electrons. The fourth-order valence-corrected chi connectivity index (χ4v) is 3.63. The topological polar surface area (TPSA) is 88.2 Å². The lowest BCUT2D eigenvalue weighted by atomic mass is 10.2. The zero-order chi connectivity index (χ0) is 15.7. The number of benzene rings is 1. The Morgan fingerprint density at radius 1 is 1.27 bits per heavy atom. The molecule has 0 aliphatic carbocycles. The van der Waals surface area contributed by atoms with Gasteiger partial charge in [-0.25, -0.2) is 13.1 Å². The van der Waals surface area contributed by atoms with Crippen LogP contribution in [0.25, 0.3) is 0 Å². The Morgan fingerprint density at radius 2 is 2.09 bits per heavy atom. The normalized spacial score (nSPS) is 15.2. The third kappa shape index (κ3) is 2.86. The Hall–Kier alpha value is -2.25. The van der Waals surface area contributed by atoms with Crippen molar-refractivity contribution in [2.24, 2.45) is 0 Å². The molecule has 0 saturated heterocycles. The second-order valence-corrected chi connectivity index (χ2v) is 6.86. The van der Waals surface area contributed by atoms with Crippen molar-refractivity contribution in [3.05, 3.63) is 53.9 Å². The van der Waals surface area contributed by atoms with Crippen molar-refractivity contribution >= 4 is 21.6 Å². The SMILES string of the molecule is CC(NS(=O)(=O)c1ccc2c(c1)CC(=O)N2)c1ccccn1. The molecule has 0 spiro atoms. The van der Waals surface area contributed by atoms with Gasteiger partial charge in [0.25, 0.3) is 0 Å². The van der Waals surface area contributed by atoms with Gasteiger partial charge in [0.05, 0.1) is 23.1 Å². The molecule has 6 nitrogen and oxygen atoms in total. The van der Waals surface area contributed by atoms with Gasteiger partial charge in [-0.2, -0.15) is 0 Å². The Kier molecular flexibility index (Phi) is 3.67. The van der Waals surface area contributed by atoms with Crippen LogP contribution in [-0.2, 0) is 21.2 Å². The molecule has 1 amide bonds. The minimum atomic E-state index is -3.68. The molecule has 2 N–H and O–H groups in total. The lowest BCUT2D eigenvalue weighted by molar-refractivity contribution is -0.115. The number of anilines is 1. The van der Waals surface area contributed by atoms with Crippen molar-refractivity contribution in [1.29, 1.82) is 0 Å². The van der Waals surface area contributed by atoms with Crippen LogP contribution >= 0.6 is 0 Å². The number of carbonyl (C=O) groups excluding carboxylic acids is 1. The summed E-state index contributed by atoms with van der Waals surface area (Å²) in [5, 5.41) is 2.68. The zero-order valence-corrected chi connectivity index (χ0v) is 12.7. The van der Waals surface area contributed by atoms with Gasteiger partial charge in [0.15, 0.2) is 0 Å². The molecular weight excluding hydrogens is 302 g/mol. The number of nitrogens with zero attached hydrogens (tertiary/aromatic N) is 1. The second-order valence-electron chi connectivity index (χ2n) is 5.14. The van der Waals surface area contributed by atoms with Crippen LogP contribution in [0.5, 0.6) is 0 Å². The van der Waals surface area contributed by atoms with E-state index in [0.29, 0.717) is 16.9 Å². The fourth-order valence-electron chi connectivity index (χ4n) is 2.37. The van der Waals surface area contributed by atoms with Crippen molar-refractivity contribution in [3.8, 4) is 0 Å². The van der Waals surface area contributed by atoms with Crippen LogP contribution in [0.1, 0.15) is 24.2 Å². The molecule has 1 aromatic heterocycles. The highest BCUT2D eigenvalue weighted by Gasteiger charge is 2.23. The van der Waals surface area contributed by atoms with Gasteiger partial charge < -0.3 is 5.32 Å². The third-order valence-corrected chi connectivity index (χ3v) is 5.01. The first-order chi connectivity index (χ1) is 10.5. The van der Waals surface area contributed by atoms with Crippen LogP contribution in [-0.4, -0.2) is 19.3 Å². The molecule has 22 heavy (non-hydrogen) atoms.